The summed E-state index contributed by atoms with van der Waals surface area (Å²) in [5.74, 6) is 1.50. The van der Waals surface area contributed by atoms with Gasteiger partial charge in [0.15, 0.2) is 17.3 Å². The molecular weight excluding hydrogens is 344 g/mol. The van der Waals surface area contributed by atoms with Crippen LogP contribution >= 0.6 is 0 Å². The standard InChI is InChI=1S/C21H26N2O4/c1-13(20(24)15-7-8-16(22)17(12-15)23(2)3)9-14-10-18(25-4)21(27-6)19(11-14)26-5/h7-12H,22H2,1-6H3. The molecule has 0 aliphatic carbocycles. The fraction of sp³-hybridized carbons (Fsp3) is 0.286. The first-order valence-electron chi connectivity index (χ1n) is 8.42. The molecule has 0 aliphatic heterocycles. The molecule has 2 N–H and O–H groups in total. The van der Waals surface area contributed by atoms with Gasteiger partial charge in [0.2, 0.25) is 5.75 Å². The van der Waals surface area contributed by atoms with Gasteiger partial charge in [-0.25, -0.2) is 0 Å². The van der Waals surface area contributed by atoms with Gasteiger partial charge in [0, 0.05) is 19.7 Å². The number of hydrogen-bond donors (Lipinski definition) is 1. The van der Waals surface area contributed by atoms with Gasteiger partial charge >= 0.3 is 0 Å². The number of nitrogen functional groups attached to an aromatic ring is 1. The summed E-state index contributed by atoms with van der Waals surface area (Å²) in [4.78, 5) is 14.7. The van der Waals surface area contributed by atoms with Crippen molar-refractivity contribution in [1.29, 1.82) is 0 Å². The predicted molar refractivity (Wildman–Crippen MR) is 109 cm³/mol. The summed E-state index contributed by atoms with van der Waals surface area (Å²) in [5, 5.41) is 0. The first-order chi connectivity index (χ1) is 12.8. The van der Waals surface area contributed by atoms with Crippen LogP contribution in [0.5, 0.6) is 17.2 Å². The van der Waals surface area contributed by atoms with Gasteiger partial charge in [-0.2, -0.15) is 0 Å². The normalized spacial score (nSPS) is 11.1. The molecule has 0 unspecified atom stereocenters. The smallest absolute Gasteiger partial charge is 0.203 e. The second-order valence-electron chi connectivity index (χ2n) is 6.28. The zero-order chi connectivity index (χ0) is 20.1. The maximum absolute atomic E-state index is 12.9. The van der Waals surface area contributed by atoms with E-state index in [1.54, 1.807) is 64.7 Å². The predicted octanol–water partition coefficient (Wildman–Crippen LogP) is 3.65. The quantitative estimate of drug-likeness (QED) is 0.456. The Labute approximate surface area is 160 Å². The average Bonchev–Trinajstić information content (AvgIpc) is 2.66. The van der Waals surface area contributed by atoms with Crippen molar-refractivity contribution in [2.45, 2.75) is 6.92 Å². The van der Waals surface area contributed by atoms with E-state index in [1.165, 1.54) is 0 Å². The van der Waals surface area contributed by atoms with Crippen LogP contribution in [0.25, 0.3) is 6.08 Å². The number of hydrogen-bond acceptors (Lipinski definition) is 6. The molecule has 144 valence electrons. The largest absolute Gasteiger partial charge is 0.493 e. The van der Waals surface area contributed by atoms with Crippen molar-refractivity contribution in [3.8, 4) is 17.2 Å². The molecule has 2 aromatic carbocycles. The number of benzene rings is 2. The van der Waals surface area contributed by atoms with Gasteiger partial charge in [0.25, 0.3) is 0 Å². The van der Waals surface area contributed by atoms with Gasteiger partial charge in [0.05, 0.1) is 32.7 Å². The summed E-state index contributed by atoms with van der Waals surface area (Å²) in [6, 6.07) is 8.87. The minimum atomic E-state index is -0.0770. The van der Waals surface area contributed by atoms with E-state index in [0.717, 1.165) is 11.3 Å². The number of rotatable bonds is 7. The number of ketones is 1. The van der Waals surface area contributed by atoms with E-state index >= 15 is 0 Å². The molecule has 2 rings (SSSR count). The van der Waals surface area contributed by atoms with Gasteiger partial charge in [0.1, 0.15) is 0 Å². The molecule has 0 spiro atoms. The van der Waals surface area contributed by atoms with E-state index < -0.39 is 0 Å². The van der Waals surface area contributed by atoms with Crippen molar-refractivity contribution in [1.82, 2.24) is 0 Å². The molecule has 27 heavy (non-hydrogen) atoms. The average molecular weight is 370 g/mol. The third kappa shape index (κ3) is 4.34. The third-order valence-corrected chi connectivity index (χ3v) is 4.20. The molecule has 0 saturated heterocycles. The lowest BCUT2D eigenvalue weighted by atomic mass is 10.0. The number of carbonyl (C=O) groups excluding carboxylic acids is 1. The highest BCUT2D eigenvalue weighted by atomic mass is 16.5. The van der Waals surface area contributed by atoms with Crippen LogP contribution in [0, 0.1) is 0 Å². The number of nitrogens with zero attached hydrogens (tertiary/aromatic N) is 1. The summed E-state index contributed by atoms with van der Waals surface area (Å²) in [5.41, 5.74) is 9.35. The fourth-order valence-electron chi connectivity index (χ4n) is 2.80. The van der Waals surface area contributed by atoms with Crippen molar-refractivity contribution < 1.29 is 19.0 Å². The van der Waals surface area contributed by atoms with Gasteiger partial charge in [-0.3, -0.25) is 4.79 Å². The lowest BCUT2D eigenvalue weighted by molar-refractivity contribution is 0.103. The van der Waals surface area contributed by atoms with Gasteiger partial charge in [-0.05, 0) is 54.5 Å². The van der Waals surface area contributed by atoms with Crippen LogP contribution in [0.1, 0.15) is 22.8 Å². The van der Waals surface area contributed by atoms with Gasteiger partial charge < -0.3 is 24.8 Å². The molecule has 6 nitrogen and oxygen atoms in total. The van der Waals surface area contributed by atoms with Crippen LogP contribution in [-0.4, -0.2) is 41.2 Å². The van der Waals surface area contributed by atoms with Crippen LogP contribution in [0.4, 0.5) is 11.4 Å². The Hall–Kier alpha value is -3.15. The van der Waals surface area contributed by atoms with E-state index in [0.29, 0.717) is 34.1 Å². The number of Topliss-reactive ketones (excluding diaryl/α,β-unsaturated/α-hetero) is 1. The number of nitrogens with two attached hydrogens (primary N) is 1. The number of methoxy groups -OCH3 is 3. The molecule has 0 fully saturated rings. The van der Waals surface area contributed by atoms with Crippen LogP contribution in [0.2, 0.25) is 0 Å². The zero-order valence-electron chi connectivity index (χ0n) is 16.6. The van der Waals surface area contributed by atoms with E-state index in [1.807, 2.05) is 19.0 Å². The molecule has 0 heterocycles. The number of anilines is 2. The third-order valence-electron chi connectivity index (χ3n) is 4.20. The van der Waals surface area contributed by atoms with Gasteiger partial charge in [-0.1, -0.05) is 0 Å². The molecule has 0 radical (unpaired) electrons. The Kier molecular flexibility index (Phi) is 6.34. The maximum Gasteiger partial charge on any atom is 0.203 e. The van der Waals surface area contributed by atoms with Crippen LogP contribution in [-0.2, 0) is 0 Å². The Morgan fingerprint density at radius 1 is 1.00 bits per heavy atom. The monoisotopic (exact) mass is 370 g/mol. The van der Waals surface area contributed by atoms with Crippen LogP contribution < -0.4 is 24.8 Å². The van der Waals surface area contributed by atoms with Crippen molar-refractivity contribution in [3.05, 3.63) is 47.0 Å². The summed E-state index contributed by atoms with van der Waals surface area (Å²) >= 11 is 0. The lowest BCUT2D eigenvalue weighted by Crippen LogP contribution is -2.12. The molecule has 0 amide bonds. The van der Waals surface area contributed by atoms with Crippen LogP contribution in [0.15, 0.2) is 35.9 Å². The Morgan fingerprint density at radius 3 is 2.07 bits per heavy atom. The minimum absolute atomic E-state index is 0.0770. The SMILES string of the molecule is COc1cc(C=C(C)C(=O)c2ccc(N)c(N(C)C)c2)cc(OC)c1OC. The van der Waals surface area contributed by atoms with Crippen molar-refractivity contribution >= 4 is 23.2 Å². The van der Waals surface area contributed by atoms with Crippen LogP contribution in [0.3, 0.4) is 0 Å². The summed E-state index contributed by atoms with van der Waals surface area (Å²) in [6.45, 7) is 1.78. The van der Waals surface area contributed by atoms with E-state index in [-0.39, 0.29) is 5.78 Å². The van der Waals surface area contributed by atoms with Crippen molar-refractivity contribution in [3.63, 3.8) is 0 Å². The second kappa shape index (κ2) is 8.49. The van der Waals surface area contributed by atoms with Gasteiger partial charge in [-0.15, -0.1) is 0 Å². The molecule has 0 bridgehead atoms. The Balaban J connectivity index is 2.42. The topological polar surface area (TPSA) is 74.0 Å². The summed E-state index contributed by atoms with van der Waals surface area (Å²) in [6.07, 6.45) is 1.79. The minimum Gasteiger partial charge on any atom is -0.493 e. The highest BCUT2D eigenvalue weighted by Gasteiger charge is 2.15. The molecule has 0 aromatic heterocycles. The molecule has 6 heteroatoms. The highest BCUT2D eigenvalue weighted by molar-refractivity contribution is 6.11. The first kappa shape index (κ1) is 20.2. The number of ether oxygens (including phenoxy) is 3. The second-order valence-corrected chi connectivity index (χ2v) is 6.28. The Bertz CT molecular complexity index is 847. The zero-order valence-corrected chi connectivity index (χ0v) is 16.6. The molecule has 0 saturated carbocycles. The molecule has 0 atom stereocenters. The van der Waals surface area contributed by atoms with Crippen molar-refractivity contribution in [2.75, 3.05) is 46.1 Å². The summed E-state index contributed by atoms with van der Waals surface area (Å²) in [7, 11) is 8.44. The van der Waals surface area contributed by atoms with E-state index in [4.69, 9.17) is 19.9 Å². The Morgan fingerprint density at radius 2 is 1.59 bits per heavy atom. The summed E-state index contributed by atoms with van der Waals surface area (Å²) < 4.78 is 16.1. The molecule has 2 aromatic rings. The highest BCUT2D eigenvalue weighted by Crippen LogP contribution is 2.38. The van der Waals surface area contributed by atoms with E-state index in [9.17, 15) is 4.79 Å². The number of carbonyl (C=O) groups is 1. The molecule has 0 aliphatic rings. The lowest BCUT2D eigenvalue weighted by Gasteiger charge is -2.16. The maximum atomic E-state index is 12.9. The fourth-order valence-corrected chi connectivity index (χ4v) is 2.80. The van der Waals surface area contributed by atoms with E-state index in [2.05, 4.69) is 0 Å². The number of allylic oxidation sites excluding steroid dienone is 1. The molecular formula is C21H26N2O4. The first-order valence-corrected chi connectivity index (χ1v) is 8.42. The van der Waals surface area contributed by atoms with Crippen molar-refractivity contribution in [2.24, 2.45) is 0 Å².